The lowest BCUT2D eigenvalue weighted by Gasteiger charge is -2.44. The molecule has 0 aromatic heterocycles. The van der Waals surface area contributed by atoms with Crippen LogP contribution in [0.2, 0.25) is 0 Å². The molecule has 0 amide bonds. The molecule has 1 unspecified atom stereocenters. The molecule has 0 aromatic rings. The number of rotatable bonds is 2. The molecule has 1 fully saturated rings. The monoisotopic (exact) mass is 200 g/mol. The van der Waals surface area contributed by atoms with E-state index in [0.29, 0.717) is 19.0 Å². The molecular formula is C10H16O4. The fraction of sp³-hybridized carbons (Fsp3) is 0.800. The van der Waals surface area contributed by atoms with Crippen molar-refractivity contribution >= 4 is 0 Å². The molecule has 1 N–H and O–H groups in total. The Morgan fingerprint density at radius 3 is 2.50 bits per heavy atom. The molecule has 1 saturated heterocycles. The Labute approximate surface area is 83.5 Å². The summed E-state index contributed by atoms with van der Waals surface area (Å²) in [4.78, 5) is 0. The fourth-order valence-electron chi connectivity index (χ4n) is 1.86. The maximum atomic E-state index is 9.76. The quantitative estimate of drug-likeness (QED) is 0.716. The van der Waals surface area contributed by atoms with Gasteiger partial charge >= 0.3 is 0 Å². The van der Waals surface area contributed by atoms with E-state index in [-0.39, 0.29) is 6.10 Å². The Balaban J connectivity index is 2.20. The van der Waals surface area contributed by atoms with Gasteiger partial charge in [0.05, 0.1) is 19.3 Å². The van der Waals surface area contributed by atoms with Crippen LogP contribution in [0.25, 0.3) is 0 Å². The van der Waals surface area contributed by atoms with Gasteiger partial charge in [-0.3, -0.25) is 0 Å². The van der Waals surface area contributed by atoms with Gasteiger partial charge in [0.2, 0.25) is 0 Å². The highest BCUT2D eigenvalue weighted by molar-refractivity contribution is 5.35. The van der Waals surface area contributed by atoms with E-state index in [1.807, 2.05) is 20.8 Å². The van der Waals surface area contributed by atoms with Crippen molar-refractivity contribution in [1.29, 1.82) is 0 Å². The molecule has 1 aliphatic carbocycles. The van der Waals surface area contributed by atoms with E-state index in [1.165, 1.54) is 0 Å². The zero-order valence-corrected chi connectivity index (χ0v) is 8.74. The second-order valence-corrected chi connectivity index (χ2v) is 3.95. The maximum Gasteiger partial charge on any atom is 0.259 e. The minimum Gasteiger partial charge on any atom is -0.489 e. The van der Waals surface area contributed by atoms with Gasteiger partial charge in [-0.05, 0) is 20.8 Å². The highest BCUT2D eigenvalue weighted by Crippen LogP contribution is 2.46. The van der Waals surface area contributed by atoms with E-state index >= 15 is 0 Å². The number of aliphatic hydroxyl groups is 1. The van der Waals surface area contributed by atoms with Crippen LogP contribution in [0, 0.1) is 0 Å². The minimum atomic E-state index is -0.992. The maximum absolute atomic E-state index is 9.76. The lowest BCUT2D eigenvalue weighted by Crippen LogP contribution is -2.55. The summed E-state index contributed by atoms with van der Waals surface area (Å²) < 4.78 is 16.4. The van der Waals surface area contributed by atoms with Gasteiger partial charge in [0.1, 0.15) is 6.10 Å². The molecule has 0 radical (unpaired) electrons. The summed E-state index contributed by atoms with van der Waals surface area (Å²) in [7, 11) is 0. The Morgan fingerprint density at radius 2 is 2.00 bits per heavy atom. The first kappa shape index (κ1) is 9.96. The topological polar surface area (TPSA) is 47.9 Å². The molecule has 80 valence electrons. The smallest absolute Gasteiger partial charge is 0.259 e. The molecule has 0 aromatic carbocycles. The lowest BCUT2D eigenvalue weighted by atomic mass is 9.86. The van der Waals surface area contributed by atoms with E-state index in [1.54, 1.807) is 0 Å². The normalized spacial score (nSPS) is 29.9. The molecule has 0 saturated carbocycles. The van der Waals surface area contributed by atoms with Gasteiger partial charge in [0, 0.05) is 5.57 Å². The third-order valence-corrected chi connectivity index (χ3v) is 2.51. The third-order valence-electron chi connectivity index (χ3n) is 2.51. The Kier molecular flexibility index (Phi) is 2.29. The molecule has 4 heteroatoms. The molecule has 2 rings (SSSR count). The Bertz CT molecular complexity index is 263. The van der Waals surface area contributed by atoms with Crippen LogP contribution in [-0.4, -0.2) is 36.3 Å². The van der Waals surface area contributed by atoms with E-state index in [9.17, 15) is 5.11 Å². The van der Waals surface area contributed by atoms with Gasteiger partial charge in [-0.2, -0.15) is 0 Å². The molecule has 1 heterocycles. The van der Waals surface area contributed by atoms with Crippen LogP contribution in [0.5, 0.6) is 0 Å². The fourth-order valence-corrected chi connectivity index (χ4v) is 1.86. The van der Waals surface area contributed by atoms with E-state index in [4.69, 9.17) is 14.2 Å². The van der Waals surface area contributed by atoms with Crippen LogP contribution in [0.15, 0.2) is 11.3 Å². The second kappa shape index (κ2) is 3.22. The largest absolute Gasteiger partial charge is 0.489 e. The summed E-state index contributed by atoms with van der Waals surface area (Å²) >= 11 is 0. The van der Waals surface area contributed by atoms with Crippen LogP contribution in [-0.2, 0) is 14.2 Å². The molecule has 14 heavy (non-hydrogen) atoms. The van der Waals surface area contributed by atoms with Crippen molar-refractivity contribution in [1.82, 2.24) is 0 Å². The lowest BCUT2D eigenvalue weighted by molar-refractivity contribution is -0.234. The first-order valence-corrected chi connectivity index (χ1v) is 4.92. The van der Waals surface area contributed by atoms with E-state index < -0.39 is 11.9 Å². The molecule has 1 aliphatic heterocycles. The molecule has 1 spiro atoms. The summed E-state index contributed by atoms with van der Waals surface area (Å²) in [5, 5.41) is 9.76. The zero-order chi connectivity index (χ0) is 10.3. The van der Waals surface area contributed by atoms with Crippen LogP contribution in [0.1, 0.15) is 20.8 Å². The highest BCUT2D eigenvalue weighted by Gasteiger charge is 2.59. The summed E-state index contributed by atoms with van der Waals surface area (Å²) in [6.45, 7) is 6.73. The molecule has 0 bridgehead atoms. The number of aliphatic hydroxyl groups excluding tert-OH is 1. The first-order chi connectivity index (χ1) is 6.58. The van der Waals surface area contributed by atoms with Crippen LogP contribution >= 0.6 is 0 Å². The Hall–Kier alpha value is -0.580. The molecule has 4 nitrogen and oxygen atoms in total. The predicted octanol–water partition coefficient (Wildman–Crippen LogP) is 0.803. The minimum absolute atomic E-state index is 0.0668. The van der Waals surface area contributed by atoms with Crippen LogP contribution in [0.4, 0.5) is 0 Å². The molecule has 2 aliphatic rings. The van der Waals surface area contributed by atoms with Crippen molar-refractivity contribution in [3.63, 3.8) is 0 Å². The van der Waals surface area contributed by atoms with Crippen molar-refractivity contribution in [3.8, 4) is 0 Å². The van der Waals surface area contributed by atoms with Gasteiger partial charge in [-0.25, -0.2) is 0 Å². The van der Waals surface area contributed by atoms with Crippen molar-refractivity contribution in [2.75, 3.05) is 13.2 Å². The standard InChI is InChI=1S/C10H16O4/c1-6(2)14-9-7(3)8(11)10(9)12-4-5-13-10/h6,8,11H,4-5H2,1-3H3. The third kappa shape index (κ3) is 1.18. The van der Waals surface area contributed by atoms with Crippen LogP contribution in [0.3, 0.4) is 0 Å². The molecular weight excluding hydrogens is 184 g/mol. The summed E-state index contributed by atoms with van der Waals surface area (Å²) in [6.07, 6.45) is -0.615. The second-order valence-electron chi connectivity index (χ2n) is 3.95. The van der Waals surface area contributed by atoms with Crippen molar-refractivity contribution in [3.05, 3.63) is 11.3 Å². The first-order valence-electron chi connectivity index (χ1n) is 4.92. The summed E-state index contributed by atoms with van der Waals surface area (Å²) in [6, 6.07) is 0. The number of hydrogen-bond donors (Lipinski definition) is 1. The average molecular weight is 200 g/mol. The SMILES string of the molecule is CC1=C(OC(C)C)C2(OCCO2)C1O. The van der Waals surface area contributed by atoms with Gasteiger partial charge < -0.3 is 19.3 Å². The van der Waals surface area contributed by atoms with Gasteiger partial charge in [-0.15, -0.1) is 0 Å². The van der Waals surface area contributed by atoms with E-state index in [2.05, 4.69) is 0 Å². The van der Waals surface area contributed by atoms with Gasteiger partial charge in [0.25, 0.3) is 5.79 Å². The Morgan fingerprint density at radius 1 is 1.43 bits per heavy atom. The average Bonchev–Trinajstić information content (AvgIpc) is 2.63. The van der Waals surface area contributed by atoms with E-state index in [0.717, 1.165) is 5.57 Å². The van der Waals surface area contributed by atoms with Gasteiger partial charge in [0.15, 0.2) is 5.76 Å². The number of hydrogen-bond acceptors (Lipinski definition) is 4. The summed E-state index contributed by atoms with van der Waals surface area (Å²) in [5.41, 5.74) is 0.806. The predicted molar refractivity (Wildman–Crippen MR) is 49.6 cm³/mol. The molecule has 1 atom stereocenters. The highest BCUT2D eigenvalue weighted by atomic mass is 16.8. The number of ether oxygens (including phenoxy) is 3. The van der Waals surface area contributed by atoms with Crippen molar-refractivity contribution < 1.29 is 19.3 Å². The van der Waals surface area contributed by atoms with Crippen LogP contribution < -0.4 is 0 Å². The zero-order valence-electron chi connectivity index (χ0n) is 8.74. The summed E-state index contributed by atoms with van der Waals surface area (Å²) in [5.74, 6) is -0.341. The van der Waals surface area contributed by atoms with Gasteiger partial charge in [-0.1, -0.05) is 0 Å². The van der Waals surface area contributed by atoms with Crippen molar-refractivity contribution in [2.45, 2.75) is 38.8 Å². The van der Waals surface area contributed by atoms with Crippen molar-refractivity contribution in [2.24, 2.45) is 0 Å².